The average Bonchev–Trinajstić information content (AvgIpc) is 3.02. The lowest BCUT2D eigenvalue weighted by atomic mass is 9.84. The van der Waals surface area contributed by atoms with E-state index >= 15 is 0 Å². The minimum absolute atomic E-state index is 0.149. The van der Waals surface area contributed by atoms with Gasteiger partial charge in [0.05, 0.1) is 11.4 Å². The van der Waals surface area contributed by atoms with Crippen LogP contribution in [0, 0.1) is 0 Å². The summed E-state index contributed by atoms with van der Waals surface area (Å²) in [6.45, 7) is 5.78. The lowest BCUT2D eigenvalue weighted by molar-refractivity contribution is -0.121. The Bertz CT molecular complexity index is 1140. The SMILES string of the molecule is CC(C)(CNC(=O)CCN=C1NS(=O)(=O)c2ccccc21)c1ccc2c(c1)OCCO2. The number of benzene rings is 2. The number of ether oxygens (including phenoxy) is 2. The summed E-state index contributed by atoms with van der Waals surface area (Å²) in [7, 11) is -3.57. The van der Waals surface area contributed by atoms with Crippen LogP contribution in [0.1, 0.15) is 31.4 Å². The van der Waals surface area contributed by atoms with Gasteiger partial charge in [0.15, 0.2) is 11.5 Å². The molecule has 164 valence electrons. The van der Waals surface area contributed by atoms with Gasteiger partial charge in [0, 0.05) is 23.9 Å². The fourth-order valence-corrected chi connectivity index (χ4v) is 4.75. The largest absolute Gasteiger partial charge is 0.486 e. The van der Waals surface area contributed by atoms with Crippen molar-refractivity contribution >= 4 is 21.8 Å². The highest BCUT2D eigenvalue weighted by molar-refractivity contribution is 7.90. The highest BCUT2D eigenvalue weighted by atomic mass is 32.2. The Kier molecular flexibility index (Phi) is 5.62. The number of hydrogen-bond acceptors (Lipinski definition) is 6. The van der Waals surface area contributed by atoms with Crippen LogP contribution in [-0.2, 0) is 20.2 Å². The highest BCUT2D eigenvalue weighted by Gasteiger charge is 2.30. The highest BCUT2D eigenvalue weighted by Crippen LogP contribution is 2.34. The van der Waals surface area contributed by atoms with E-state index in [0.29, 0.717) is 25.3 Å². The number of rotatable bonds is 6. The third kappa shape index (κ3) is 4.51. The van der Waals surface area contributed by atoms with E-state index in [4.69, 9.17) is 9.47 Å². The first kappa shape index (κ1) is 21.2. The van der Waals surface area contributed by atoms with E-state index in [2.05, 4.69) is 15.0 Å². The Morgan fingerprint density at radius 2 is 1.87 bits per heavy atom. The predicted molar refractivity (Wildman–Crippen MR) is 116 cm³/mol. The van der Waals surface area contributed by atoms with Crippen molar-refractivity contribution in [2.75, 3.05) is 26.3 Å². The van der Waals surface area contributed by atoms with E-state index < -0.39 is 10.0 Å². The number of carbonyl (C=O) groups is 1. The molecule has 2 heterocycles. The van der Waals surface area contributed by atoms with Crippen molar-refractivity contribution in [1.29, 1.82) is 0 Å². The van der Waals surface area contributed by atoms with Crippen LogP contribution in [-0.4, -0.2) is 46.5 Å². The van der Waals surface area contributed by atoms with Crippen molar-refractivity contribution in [3.8, 4) is 11.5 Å². The van der Waals surface area contributed by atoms with E-state index in [0.717, 1.165) is 17.1 Å². The molecule has 0 fully saturated rings. The molecule has 2 aliphatic heterocycles. The molecule has 2 N–H and O–H groups in total. The van der Waals surface area contributed by atoms with Crippen molar-refractivity contribution in [1.82, 2.24) is 10.0 Å². The summed E-state index contributed by atoms with van der Waals surface area (Å²) in [6.07, 6.45) is 0.157. The van der Waals surface area contributed by atoms with Crippen molar-refractivity contribution in [3.05, 3.63) is 53.6 Å². The monoisotopic (exact) mass is 443 g/mol. The van der Waals surface area contributed by atoms with Gasteiger partial charge in [-0.3, -0.25) is 14.5 Å². The second kappa shape index (κ2) is 8.22. The zero-order valence-corrected chi connectivity index (χ0v) is 18.3. The summed E-state index contributed by atoms with van der Waals surface area (Å²) in [5.41, 5.74) is 1.26. The Balaban J connectivity index is 1.33. The van der Waals surface area contributed by atoms with Crippen LogP contribution in [0.15, 0.2) is 52.4 Å². The van der Waals surface area contributed by atoms with Crippen LogP contribution < -0.4 is 19.5 Å². The zero-order valence-electron chi connectivity index (χ0n) is 17.5. The molecule has 0 unspecified atom stereocenters. The van der Waals surface area contributed by atoms with E-state index in [1.54, 1.807) is 18.2 Å². The Hall–Kier alpha value is -3.07. The fraction of sp³-hybridized carbons (Fsp3) is 0.364. The lowest BCUT2D eigenvalue weighted by Crippen LogP contribution is -2.37. The molecule has 0 saturated carbocycles. The first-order valence-electron chi connectivity index (χ1n) is 10.1. The van der Waals surface area contributed by atoms with Gasteiger partial charge in [-0.15, -0.1) is 0 Å². The number of fused-ring (bicyclic) bond motifs is 2. The van der Waals surface area contributed by atoms with Crippen LogP contribution in [0.25, 0.3) is 0 Å². The molecule has 2 aliphatic rings. The normalized spacial score (nSPS) is 17.7. The average molecular weight is 444 g/mol. The molecule has 31 heavy (non-hydrogen) atoms. The number of amides is 1. The van der Waals surface area contributed by atoms with Gasteiger partial charge < -0.3 is 14.8 Å². The molecule has 0 bridgehead atoms. The molecule has 2 aromatic carbocycles. The molecule has 1 amide bonds. The van der Waals surface area contributed by atoms with Gasteiger partial charge in [0.25, 0.3) is 10.0 Å². The minimum atomic E-state index is -3.57. The number of sulfonamides is 1. The molecule has 0 aliphatic carbocycles. The number of hydrogen-bond donors (Lipinski definition) is 2. The van der Waals surface area contributed by atoms with Gasteiger partial charge in [0.2, 0.25) is 5.91 Å². The van der Waals surface area contributed by atoms with Gasteiger partial charge >= 0.3 is 0 Å². The van der Waals surface area contributed by atoms with Gasteiger partial charge in [-0.05, 0) is 29.8 Å². The summed E-state index contributed by atoms with van der Waals surface area (Å²) in [4.78, 5) is 16.8. The van der Waals surface area contributed by atoms with Gasteiger partial charge in [-0.1, -0.05) is 32.0 Å². The second-order valence-electron chi connectivity index (χ2n) is 8.10. The third-order valence-corrected chi connectivity index (χ3v) is 6.72. The maximum absolute atomic E-state index is 12.3. The molecule has 0 spiro atoms. The molecule has 2 aromatic rings. The molecule has 0 aromatic heterocycles. The number of carbonyl (C=O) groups excluding carboxylic acids is 1. The second-order valence-corrected chi connectivity index (χ2v) is 9.75. The molecule has 0 radical (unpaired) electrons. The van der Waals surface area contributed by atoms with Gasteiger partial charge in [-0.25, -0.2) is 8.42 Å². The number of nitrogens with zero attached hydrogens (tertiary/aromatic N) is 1. The lowest BCUT2D eigenvalue weighted by Gasteiger charge is -2.27. The summed E-state index contributed by atoms with van der Waals surface area (Å²) in [6, 6.07) is 12.5. The standard InChI is InChI=1S/C22H25N3O5S/c1-22(2,15-7-8-17-18(13-15)30-12-11-29-17)14-24-20(26)9-10-23-21-16-5-3-4-6-19(16)31(27,28)25-21/h3-8,13H,9-12,14H2,1-2H3,(H,23,25)(H,24,26). The van der Waals surface area contributed by atoms with E-state index in [1.165, 1.54) is 6.07 Å². The van der Waals surface area contributed by atoms with Gasteiger partial charge in [-0.2, -0.15) is 0 Å². The van der Waals surface area contributed by atoms with Crippen molar-refractivity contribution < 1.29 is 22.7 Å². The molecule has 4 rings (SSSR count). The van der Waals surface area contributed by atoms with E-state index in [9.17, 15) is 13.2 Å². The molecule has 0 saturated heterocycles. The maximum atomic E-state index is 12.3. The quantitative estimate of drug-likeness (QED) is 0.710. The topological polar surface area (TPSA) is 106 Å². The summed E-state index contributed by atoms with van der Waals surface area (Å²) in [5, 5.41) is 2.94. The molecular weight excluding hydrogens is 418 g/mol. The van der Waals surface area contributed by atoms with Crippen LogP contribution in [0.5, 0.6) is 11.5 Å². The predicted octanol–water partition coefficient (Wildman–Crippen LogP) is 1.98. The minimum Gasteiger partial charge on any atom is -0.486 e. The van der Waals surface area contributed by atoms with Crippen molar-refractivity contribution in [2.24, 2.45) is 4.99 Å². The molecular formula is C22H25N3O5S. The Morgan fingerprint density at radius 3 is 2.68 bits per heavy atom. The summed E-state index contributed by atoms with van der Waals surface area (Å²) in [5.74, 6) is 1.58. The van der Waals surface area contributed by atoms with Crippen LogP contribution in [0.2, 0.25) is 0 Å². The van der Waals surface area contributed by atoms with Crippen molar-refractivity contribution in [2.45, 2.75) is 30.6 Å². The third-order valence-electron chi connectivity index (χ3n) is 5.32. The molecule has 9 heteroatoms. The molecule has 0 atom stereocenters. The summed E-state index contributed by atoms with van der Waals surface area (Å²) < 4.78 is 37.9. The Labute approximate surface area is 181 Å². The fourth-order valence-electron chi connectivity index (χ4n) is 3.49. The number of amidine groups is 1. The summed E-state index contributed by atoms with van der Waals surface area (Å²) >= 11 is 0. The maximum Gasteiger partial charge on any atom is 0.263 e. The van der Waals surface area contributed by atoms with Crippen LogP contribution in [0.4, 0.5) is 0 Å². The first-order valence-corrected chi connectivity index (χ1v) is 11.6. The van der Waals surface area contributed by atoms with Crippen LogP contribution in [0.3, 0.4) is 0 Å². The number of aliphatic imine (C=N–C) groups is 1. The first-order chi connectivity index (χ1) is 14.8. The van der Waals surface area contributed by atoms with E-state index in [1.807, 2.05) is 32.0 Å². The van der Waals surface area contributed by atoms with Crippen LogP contribution >= 0.6 is 0 Å². The zero-order chi connectivity index (χ0) is 22.1. The van der Waals surface area contributed by atoms with Gasteiger partial charge in [0.1, 0.15) is 19.0 Å². The number of nitrogens with one attached hydrogen (secondary N) is 2. The van der Waals surface area contributed by atoms with E-state index in [-0.39, 0.29) is 35.0 Å². The molecule has 8 nitrogen and oxygen atoms in total. The smallest absolute Gasteiger partial charge is 0.263 e. The van der Waals surface area contributed by atoms with Crippen molar-refractivity contribution in [3.63, 3.8) is 0 Å². The Morgan fingerprint density at radius 1 is 1.13 bits per heavy atom.